The molecule has 1 aliphatic heterocycles. The molecular weight excluding hydrogens is 447 g/mol. The highest BCUT2D eigenvalue weighted by molar-refractivity contribution is 5.96. The van der Waals surface area contributed by atoms with Crippen LogP contribution in [0, 0.1) is 0 Å². The van der Waals surface area contributed by atoms with Crippen LogP contribution in [0.25, 0.3) is 0 Å². The second-order valence-electron chi connectivity index (χ2n) is 6.82. The molecule has 0 saturated carbocycles. The summed E-state index contributed by atoms with van der Waals surface area (Å²) in [5, 5.41) is 22.5. The van der Waals surface area contributed by atoms with Crippen LogP contribution in [0.2, 0.25) is 0 Å². The lowest BCUT2D eigenvalue weighted by molar-refractivity contribution is -0.138. The molecule has 172 valence electrons. The van der Waals surface area contributed by atoms with Crippen LogP contribution in [0.3, 0.4) is 0 Å². The van der Waals surface area contributed by atoms with Gasteiger partial charge in [-0.2, -0.15) is 13.2 Å². The first-order valence-electron chi connectivity index (χ1n) is 9.58. The van der Waals surface area contributed by atoms with Crippen molar-refractivity contribution in [3.05, 3.63) is 47.5 Å². The molecule has 33 heavy (non-hydrogen) atoms. The second-order valence-corrected chi connectivity index (χ2v) is 6.82. The molecular formula is C18H16F3N9O3. The van der Waals surface area contributed by atoms with Crippen molar-refractivity contribution in [2.24, 2.45) is 0 Å². The highest BCUT2D eigenvalue weighted by Crippen LogP contribution is 2.32. The lowest BCUT2D eigenvalue weighted by Gasteiger charge is -2.35. The number of nitrogens with one attached hydrogen (secondary N) is 2. The first-order chi connectivity index (χ1) is 15.8. The van der Waals surface area contributed by atoms with Crippen LogP contribution in [-0.4, -0.2) is 73.9 Å². The topological polar surface area (TPSA) is 142 Å². The van der Waals surface area contributed by atoms with Gasteiger partial charge in [-0.15, -0.1) is 10.2 Å². The summed E-state index contributed by atoms with van der Waals surface area (Å²) >= 11 is 0. The summed E-state index contributed by atoms with van der Waals surface area (Å²) in [6.45, 7) is 1.10. The van der Waals surface area contributed by atoms with Crippen molar-refractivity contribution in [1.29, 1.82) is 0 Å². The summed E-state index contributed by atoms with van der Waals surface area (Å²) in [4.78, 5) is 27.6. The molecule has 2 aromatic heterocycles. The van der Waals surface area contributed by atoms with Crippen molar-refractivity contribution < 1.29 is 27.5 Å². The molecule has 0 atom stereocenters. The molecule has 1 aromatic carbocycles. The van der Waals surface area contributed by atoms with Crippen molar-refractivity contribution in [2.75, 3.05) is 36.4 Å². The molecule has 3 heterocycles. The number of rotatable bonds is 4. The number of anilines is 2. The molecule has 0 spiro atoms. The van der Waals surface area contributed by atoms with Gasteiger partial charge in [-0.05, 0) is 28.6 Å². The SMILES string of the molecule is O=C(Nc1nnn[nH]1)Oc1ccc(N2CCN(C(=O)c3ccccc3C(F)(F)F)CC2)nn1. The number of aromatic nitrogens is 6. The van der Waals surface area contributed by atoms with Crippen molar-refractivity contribution in [1.82, 2.24) is 35.7 Å². The Hall–Kier alpha value is -4.30. The number of tetrazole rings is 1. The fraction of sp³-hybridized carbons (Fsp3) is 0.278. The summed E-state index contributed by atoms with van der Waals surface area (Å²) in [5.41, 5.74) is -1.33. The zero-order valence-electron chi connectivity index (χ0n) is 16.8. The van der Waals surface area contributed by atoms with Crippen LogP contribution < -0.4 is 15.0 Å². The third-order valence-electron chi connectivity index (χ3n) is 4.74. The van der Waals surface area contributed by atoms with E-state index in [-0.39, 0.29) is 30.5 Å². The first kappa shape index (κ1) is 21.9. The van der Waals surface area contributed by atoms with Crippen LogP contribution in [0.4, 0.5) is 29.7 Å². The summed E-state index contributed by atoms with van der Waals surface area (Å²) in [7, 11) is 0. The van der Waals surface area contributed by atoms with Crippen molar-refractivity contribution in [3.8, 4) is 5.88 Å². The van der Waals surface area contributed by atoms with Gasteiger partial charge in [0.05, 0.1) is 11.1 Å². The fourth-order valence-corrected chi connectivity index (χ4v) is 3.19. The number of hydrogen-bond acceptors (Lipinski definition) is 9. The lowest BCUT2D eigenvalue weighted by atomic mass is 10.1. The highest BCUT2D eigenvalue weighted by atomic mass is 19.4. The Balaban J connectivity index is 1.34. The fourth-order valence-electron chi connectivity index (χ4n) is 3.19. The molecule has 0 bridgehead atoms. The number of halogens is 3. The number of piperazine rings is 1. The molecule has 2 amide bonds. The quantitative estimate of drug-likeness (QED) is 0.590. The summed E-state index contributed by atoms with van der Waals surface area (Å²) < 4.78 is 44.6. The molecule has 2 N–H and O–H groups in total. The third kappa shape index (κ3) is 5.13. The zero-order valence-corrected chi connectivity index (χ0v) is 16.8. The summed E-state index contributed by atoms with van der Waals surface area (Å²) in [6.07, 6.45) is -5.49. The van der Waals surface area contributed by atoms with Gasteiger partial charge in [-0.3, -0.25) is 10.1 Å². The van der Waals surface area contributed by atoms with E-state index >= 15 is 0 Å². The largest absolute Gasteiger partial charge is 0.420 e. The standard InChI is InChI=1S/C18H16F3N9O3/c19-18(20,21)12-4-2-1-3-11(12)15(31)30-9-7-29(8-10-30)13-5-6-14(24-23-13)33-17(32)22-16-25-27-28-26-16/h1-6H,7-10H2,(H2,22,25,26,27,28,32). The Kier molecular flexibility index (Phi) is 6.01. The van der Waals surface area contributed by atoms with Crippen LogP contribution in [0.5, 0.6) is 5.88 Å². The maximum absolute atomic E-state index is 13.2. The van der Waals surface area contributed by atoms with E-state index in [2.05, 4.69) is 36.1 Å². The van der Waals surface area contributed by atoms with Gasteiger partial charge < -0.3 is 14.5 Å². The van der Waals surface area contributed by atoms with E-state index < -0.39 is 23.7 Å². The zero-order chi connectivity index (χ0) is 23.4. The summed E-state index contributed by atoms with van der Waals surface area (Å²) in [6, 6.07) is 7.72. The minimum atomic E-state index is -4.61. The average molecular weight is 463 g/mol. The van der Waals surface area contributed by atoms with Gasteiger partial charge in [0.2, 0.25) is 11.8 Å². The number of H-pyrrole nitrogens is 1. The monoisotopic (exact) mass is 463 g/mol. The third-order valence-corrected chi connectivity index (χ3v) is 4.74. The molecule has 12 nitrogen and oxygen atoms in total. The minimum absolute atomic E-state index is 0.00476. The number of aromatic amines is 1. The maximum atomic E-state index is 13.2. The van der Waals surface area contributed by atoms with Gasteiger partial charge in [0.1, 0.15) is 0 Å². The van der Waals surface area contributed by atoms with Crippen LogP contribution in [0.15, 0.2) is 36.4 Å². The van der Waals surface area contributed by atoms with Crippen molar-refractivity contribution in [2.45, 2.75) is 6.18 Å². The molecule has 0 radical (unpaired) electrons. The molecule has 1 fully saturated rings. The van der Waals surface area contributed by atoms with Gasteiger partial charge in [0, 0.05) is 32.2 Å². The van der Waals surface area contributed by atoms with Crippen LogP contribution in [-0.2, 0) is 6.18 Å². The van der Waals surface area contributed by atoms with Gasteiger partial charge in [0.15, 0.2) is 5.82 Å². The molecule has 1 saturated heterocycles. The number of alkyl halides is 3. The Morgan fingerprint density at radius 1 is 1.00 bits per heavy atom. The van der Waals surface area contributed by atoms with Crippen molar-refractivity contribution >= 4 is 23.8 Å². The number of carbonyl (C=O) groups excluding carboxylic acids is 2. The molecule has 3 aromatic rings. The van der Waals surface area contributed by atoms with Gasteiger partial charge >= 0.3 is 12.3 Å². The number of hydrogen-bond donors (Lipinski definition) is 2. The number of benzene rings is 1. The van der Waals surface area contributed by atoms with E-state index in [1.165, 1.54) is 29.2 Å². The Morgan fingerprint density at radius 2 is 1.76 bits per heavy atom. The molecule has 1 aliphatic rings. The van der Waals surface area contributed by atoms with Crippen LogP contribution in [0.1, 0.15) is 15.9 Å². The Labute approximate surface area is 183 Å². The Bertz CT molecular complexity index is 1120. The number of ether oxygens (including phenoxy) is 1. The number of nitrogens with zero attached hydrogens (tertiary/aromatic N) is 7. The summed E-state index contributed by atoms with van der Waals surface area (Å²) in [5.74, 6) is -0.286. The van der Waals surface area contributed by atoms with E-state index in [4.69, 9.17) is 4.74 Å². The maximum Gasteiger partial charge on any atom is 0.420 e. The number of amides is 2. The van der Waals surface area contributed by atoms with E-state index in [1.807, 2.05) is 4.90 Å². The van der Waals surface area contributed by atoms with Gasteiger partial charge in [-0.1, -0.05) is 17.2 Å². The van der Waals surface area contributed by atoms with Crippen LogP contribution >= 0.6 is 0 Å². The number of carbonyl (C=O) groups is 2. The Morgan fingerprint density at radius 3 is 2.39 bits per heavy atom. The van der Waals surface area contributed by atoms with E-state index in [9.17, 15) is 22.8 Å². The van der Waals surface area contributed by atoms with E-state index in [0.717, 1.165) is 6.07 Å². The molecule has 0 aliphatic carbocycles. The average Bonchev–Trinajstić information content (AvgIpc) is 3.31. The predicted octanol–water partition coefficient (Wildman–Crippen LogP) is 1.58. The van der Waals surface area contributed by atoms with E-state index in [0.29, 0.717) is 18.9 Å². The normalized spacial score (nSPS) is 14.2. The lowest BCUT2D eigenvalue weighted by Crippen LogP contribution is -2.49. The molecule has 4 rings (SSSR count). The predicted molar refractivity (Wildman–Crippen MR) is 105 cm³/mol. The molecule has 15 heteroatoms. The second kappa shape index (κ2) is 9.05. The highest BCUT2D eigenvalue weighted by Gasteiger charge is 2.36. The first-order valence-corrected chi connectivity index (χ1v) is 9.58. The smallest absolute Gasteiger partial charge is 0.389 e. The molecule has 0 unspecified atom stereocenters. The van der Waals surface area contributed by atoms with Crippen molar-refractivity contribution in [3.63, 3.8) is 0 Å². The van der Waals surface area contributed by atoms with E-state index in [1.54, 1.807) is 6.07 Å². The minimum Gasteiger partial charge on any atom is -0.389 e. The van der Waals surface area contributed by atoms with Gasteiger partial charge in [-0.25, -0.2) is 9.89 Å². The van der Waals surface area contributed by atoms with Gasteiger partial charge in [0.25, 0.3) is 5.91 Å².